The highest BCUT2D eigenvalue weighted by Crippen LogP contribution is 2.07. The topological polar surface area (TPSA) is 127 Å². The van der Waals surface area contributed by atoms with Gasteiger partial charge in [0.15, 0.2) is 5.82 Å². The van der Waals surface area contributed by atoms with Crippen LogP contribution in [0.25, 0.3) is 0 Å². The normalized spacial score (nSPS) is 9.33. The van der Waals surface area contributed by atoms with Crippen LogP contribution in [0.5, 0.6) is 0 Å². The van der Waals surface area contributed by atoms with Crippen molar-refractivity contribution in [3.05, 3.63) is 10.4 Å². The van der Waals surface area contributed by atoms with Gasteiger partial charge in [0, 0.05) is 0 Å². The molecule has 0 spiro atoms. The van der Waals surface area contributed by atoms with E-state index in [9.17, 15) is 9.59 Å². The standard InChI is InChI=1S/C5H7N5O2/c6-2-3(8-1-11)9-5(7)10-4(2)12/h1H,6H2,(H4,7,8,9,10,11,12). The zero-order valence-electron chi connectivity index (χ0n) is 6.00. The number of anilines is 3. The lowest BCUT2D eigenvalue weighted by Crippen LogP contribution is -2.18. The highest BCUT2D eigenvalue weighted by Gasteiger charge is 2.04. The van der Waals surface area contributed by atoms with Crippen molar-refractivity contribution in [2.24, 2.45) is 0 Å². The lowest BCUT2D eigenvalue weighted by molar-refractivity contribution is -0.105. The average Bonchev–Trinajstić information content (AvgIpc) is 2.00. The Labute approximate surface area is 66.8 Å². The molecule has 0 aliphatic rings. The summed E-state index contributed by atoms with van der Waals surface area (Å²) in [5.74, 6) is -0.134. The molecule has 0 fully saturated rings. The van der Waals surface area contributed by atoms with Crippen LogP contribution >= 0.6 is 0 Å². The number of aromatic nitrogens is 2. The Morgan fingerprint density at radius 3 is 2.75 bits per heavy atom. The maximum Gasteiger partial charge on any atom is 0.277 e. The minimum Gasteiger partial charge on any atom is -0.391 e. The lowest BCUT2D eigenvalue weighted by Gasteiger charge is -2.01. The molecule has 1 rings (SSSR count). The molecule has 0 aliphatic heterocycles. The molecule has 0 aromatic carbocycles. The summed E-state index contributed by atoms with van der Waals surface area (Å²) in [6, 6.07) is 0. The van der Waals surface area contributed by atoms with Crippen LogP contribution < -0.4 is 22.3 Å². The Hall–Kier alpha value is -2.05. The molecule has 0 saturated heterocycles. The van der Waals surface area contributed by atoms with Gasteiger partial charge in [0.2, 0.25) is 12.4 Å². The highest BCUT2D eigenvalue weighted by molar-refractivity contribution is 5.76. The van der Waals surface area contributed by atoms with Gasteiger partial charge < -0.3 is 16.8 Å². The maximum absolute atomic E-state index is 10.9. The molecule has 0 bridgehead atoms. The third kappa shape index (κ3) is 1.34. The molecule has 1 aromatic heterocycles. The van der Waals surface area contributed by atoms with Gasteiger partial charge in [0.1, 0.15) is 5.69 Å². The number of H-pyrrole nitrogens is 1. The van der Waals surface area contributed by atoms with Crippen LogP contribution in [0.2, 0.25) is 0 Å². The van der Waals surface area contributed by atoms with Crippen molar-refractivity contribution in [1.29, 1.82) is 0 Å². The van der Waals surface area contributed by atoms with Gasteiger partial charge in [0.25, 0.3) is 5.56 Å². The van der Waals surface area contributed by atoms with E-state index in [4.69, 9.17) is 11.5 Å². The maximum atomic E-state index is 10.9. The zero-order valence-corrected chi connectivity index (χ0v) is 6.00. The molecule has 7 nitrogen and oxygen atoms in total. The quantitative estimate of drug-likeness (QED) is 0.401. The molecule has 0 unspecified atom stereocenters. The van der Waals surface area contributed by atoms with Crippen molar-refractivity contribution in [3.63, 3.8) is 0 Å². The predicted molar refractivity (Wildman–Crippen MR) is 43.4 cm³/mol. The summed E-state index contributed by atoms with van der Waals surface area (Å²) in [5.41, 5.74) is 9.69. The van der Waals surface area contributed by atoms with Crippen LogP contribution in [0.1, 0.15) is 0 Å². The summed E-state index contributed by atoms with van der Waals surface area (Å²) >= 11 is 0. The Kier molecular flexibility index (Phi) is 1.95. The molecule has 0 saturated carbocycles. The summed E-state index contributed by atoms with van der Waals surface area (Å²) < 4.78 is 0. The fraction of sp³-hybridized carbons (Fsp3) is 0. The van der Waals surface area contributed by atoms with Gasteiger partial charge >= 0.3 is 0 Å². The van der Waals surface area contributed by atoms with Crippen LogP contribution in [-0.4, -0.2) is 16.4 Å². The molecule has 12 heavy (non-hydrogen) atoms. The fourth-order valence-electron chi connectivity index (χ4n) is 0.666. The second-order valence-corrected chi connectivity index (χ2v) is 1.98. The first-order valence-electron chi connectivity index (χ1n) is 3.00. The van der Waals surface area contributed by atoms with E-state index in [1.54, 1.807) is 0 Å². The van der Waals surface area contributed by atoms with Crippen molar-refractivity contribution in [2.45, 2.75) is 0 Å². The van der Waals surface area contributed by atoms with Crippen molar-refractivity contribution >= 4 is 23.9 Å². The largest absolute Gasteiger partial charge is 0.391 e. The number of carbonyl (C=O) groups is 1. The smallest absolute Gasteiger partial charge is 0.277 e. The first kappa shape index (κ1) is 8.05. The Morgan fingerprint density at radius 1 is 1.50 bits per heavy atom. The fourth-order valence-corrected chi connectivity index (χ4v) is 0.666. The van der Waals surface area contributed by atoms with Crippen molar-refractivity contribution < 1.29 is 4.79 Å². The number of nitrogen functional groups attached to an aromatic ring is 2. The Balaban J connectivity index is 3.27. The molecule has 7 heteroatoms. The lowest BCUT2D eigenvalue weighted by atomic mass is 10.5. The molecule has 64 valence electrons. The summed E-state index contributed by atoms with van der Waals surface area (Å²) in [5, 5.41) is 2.14. The molecular weight excluding hydrogens is 162 g/mol. The number of hydrogen-bond acceptors (Lipinski definition) is 5. The molecule has 0 atom stereocenters. The molecular formula is C5H7N5O2. The van der Waals surface area contributed by atoms with Gasteiger partial charge in [0.05, 0.1) is 0 Å². The summed E-state index contributed by atoms with van der Waals surface area (Å²) in [4.78, 5) is 26.6. The number of carbonyl (C=O) groups excluding carboxylic acids is 1. The van der Waals surface area contributed by atoms with E-state index in [1.807, 2.05) is 0 Å². The van der Waals surface area contributed by atoms with Gasteiger partial charge in [-0.2, -0.15) is 4.98 Å². The number of aromatic amines is 1. The molecule has 1 amide bonds. The van der Waals surface area contributed by atoms with Gasteiger partial charge in [-0.15, -0.1) is 0 Å². The summed E-state index contributed by atoms with van der Waals surface area (Å²) in [6.07, 6.45) is 0.359. The van der Waals surface area contributed by atoms with Gasteiger partial charge in [-0.1, -0.05) is 0 Å². The van der Waals surface area contributed by atoms with Crippen molar-refractivity contribution in [3.8, 4) is 0 Å². The van der Waals surface area contributed by atoms with E-state index in [0.29, 0.717) is 6.41 Å². The number of nitrogens with one attached hydrogen (secondary N) is 2. The molecule has 6 N–H and O–H groups in total. The monoisotopic (exact) mass is 169 g/mol. The van der Waals surface area contributed by atoms with Gasteiger partial charge in [-0.3, -0.25) is 14.6 Å². The van der Waals surface area contributed by atoms with E-state index >= 15 is 0 Å². The van der Waals surface area contributed by atoms with Crippen LogP contribution in [0.4, 0.5) is 17.5 Å². The number of hydrogen-bond donors (Lipinski definition) is 4. The first-order chi connectivity index (χ1) is 5.65. The van der Waals surface area contributed by atoms with E-state index in [1.165, 1.54) is 0 Å². The first-order valence-corrected chi connectivity index (χ1v) is 3.00. The van der Waals surface area contributed by atoms with Crippen molar-refractivity contribution in [2.75, 3.05) is 16.8 Å². The number of rotatable bonds is 2. The highest BCUT2D eigenvalue weighted by atomic mass is 16.1. The Morgan fingerprint density at radius 2 is 2.17 bits per heavy atom. The van der Waals surface area contributed by atoms with E-state index in [-0.39, 0.29) is 17.5 Å². The van der Waals surface area contributed by atoms with E-state index in [2.05, 4.69) is 15.3 Å². The molecule has 0 aliphatic carbocycles. The number of nitrogens with zero attached hydrogens (tertiary/aromatic N) is 1. The zero-order chi connectivity index (χ0) is 9.14. The average molecular weight is 169 g/mol. The van der Waals surface area contributed by atoms with Gasteiger partial charge in [-0.25, -0.2) is 0 Å². The minimum atomic E-state index is -0.577. The Bertz CT molecular complexity index is 357. The summed E-state index contributed by atoms with van der Waals surface area (Å²) in [7, 11) is 0. The SMILES string of the molecule is Nc1nc(NC=O)c(N)c(=O)[nH]1. The molecule has 0 radical (unpaired) electrons. The second kappa shape index (κ2) is 2.91. The summed E-state index contributed by atoms with van der Waals surface area (Å²) in [6.45, 7) is 0. The minimum absolute atomic E-state index is 0.0359. The third-order valence-electron chi connectivity index (χ3n) is 1.17. The van der Waals surface area contributed by atoms with E-state index < -0.39 is 5.56 Å². The van der Waals surface area contributed by atoms with Crippen LogP contribution in [-0.2, 0) is 4.79 Å². The third-order valence-corrected chi connectivity index (χ3v) is 1.17. The molecule has 1 heterocycles. The molecule has 1 aromatic rings. The van der Waals surface area contributed by atoms with Crippen LogP contribution in [0.3, 0.4) is 0 Å². The van der Waals surface area contributed by atoms with Crippen LogP contribution in [0.15, 0.2) is 4.79 Å². The second-order valence-electron chi connectivity index (χ2n) is 1.98. The predicted octanol–water partition coefficient (Wildman–Crippen LogP) is -1.50. The van der Waals surface area contributed by atoms with E-state index in [0.717, 1.165) is 0 Å². The number of amides is 1. The van der Waals surface area contributed by atoms with Crippen molar-refractivity contribution in [1.82, 2.24) is 9.97 Å². The van der Waals surface area contributed by atoms with Gasteiger partial charge in [-0.05, 0) is 0 Å². The number of nitrogens with two attached hydrogens (primary N) is 2. The van der Waals surface area contributed by atoms with Crippen LogP contribution in [0, 0.1) is 0 Å².